The van der Waals surface area contributed by atoms with E-state index >= 15 is 0 Å². The summed E-state index contributed by atoms with van der Waals surface area (Å²) in [6.07, 6.45) is 0. The van der Waals surface area contributed by atoms with Gasteiger partial charge >= 0.3 is 0 Å². The first-order chi connectivity index (χ1) is 13.5. The Bertz CT molecular complexity index is 1230. The molecule has 3 aromatic carbocycles. The van der Waals surface area contributed by atoms with Crippen molar-refractivity contribution in [1.29, 1.82) is 0 Å². The summed E-state index contributed by atoms with van der Waals surface area (Å²) in [5.74, 6) is 0.286. The smallest absolute Gasteiger partial charge is 0.255 e. The average Bonchev–Trinajstić information content (AvgIpc) is 2.70. The molecule has 0 spiro atoms. The van der Waals surface area contributed by atoms with Crippen LogP contribution in [0.5, 0.6) is 0 Å². The van der Waals surface area contributed by atoms with Crippen molar-refractivity contribution in [2.75, 3.05) is 5.32 Å². The number of hydrogen-bond acceptors (Lipinski definition) is 3. The maximum Gasteiger partial charge on any atom is 0.255 e. The minimum absolute atomic E-state index is 0.0829. The molecular weight excluding hydrogens is 465 g/mol. The van der Waals surface area contributed by atoms with E-state index in [0.29, 0.717) is 22.3 Å². The number of fused-ring (bicyclic) bond motifs is 1. The number of carbonyl (C=O) groups excluding carboxylic acids is 1. The second kappa shape index (κ2) is 7.59. The molecule has 5 heteroatoms. The summed E-state index contributed by atoms with van der Waals surface area (Å²) in [5.41, 5.74) is 3.49. The fourth-order valence-electron chi connectivity index (χ4n) is 2.93. The first-order valence-electron chi connectivity index (χ1n) is 8.71. The van der Waals surface area contributed by atoms with Gasteiger partial charge in [0.15, 0.2) is 5.43 Å². The molecule has 1 heterocycles. The Morgan fingerprint density at radius 3 is 2.36 bits per heavy atom. The van der Waals surface area contributed by atoms with E-state index in [9.17, 15) is 9.59 Å². The number of carbonyl (C=O) groups is 1. The van der Waals surface area contributed by atoms with Crippen LogP contribution in [0, 0.1) is 10.5 Å². The summed E-state index contributed by atoms with van der Waals surface area (Å²) in [6.45, 7) is 1.94. The largest absolute Gasteiger partial charge is 0.456 e. The van der Waals surface area contributed by atoms with Gasteiger partial charge in [0.25, 0.3) is 5.91 Å². The van der Waals surface area contributed by atoms with E-state index in [-0.39, 0.29) is 11.3 Å². The Kier molecular flexibility index (Phi) is 5.00. The van der Waals surface area contributed by atoms with Gasteiger partial charge in [-0.1, -0.05) is 23.8 Å². The second-order valence-electron chi connectivity index (χ2n) is 6.51. The Morgan fingerprint density at radius 2 is 1.64 bits per heavy atom. The van der Waals surface area contributed by atoms with Crippen LogP contribution in [0.15, 0.2) is 82.0 Å². The minimum atomic E-state index is -0.191. The summed E-state index contributed by atoms with van der Waals surface area (Å²) in [7, 11) is 0. The maximum atomic E-state index is 12.4. The number of amides is 1. The number of rotatable bonds is 3. The lowest BCUT2D eigenvalue weighted by Gasteiger charge is -2.07. The number of hydrogen-bond donors (Lipinski definition) is 1. The molecular formula is C23H16INO3. The molecule has 1 amide bonds. The number of anilines is 1. The molecule has 0 fully saturated rings. The van der Waals surface area contributed by atoms with Crippen molar-refractivity contribution in [2.24, 2.45) is 0 Å². The van der Waals surface area contributed by atoms with Crippen LogP contribution < -0.4 is 10.7 Å². The van der Waals surface area contributed by atoms with Crippen LogP contribution in [0.1, 0.15) is 15.9 Å². The highest BCUT2D eigenvalue weighted by Crippen LogP contribution is 2.23. The Hall–Kier alpha value is -2.93. The van der Waals surface area contributed by atoms with Crippen molar-refractivity contribution in [3.63, 3.8) is 0 Å². The van der Waals surface area contributed by atoms with Crippen LogP contribution in [0.2, 0.25) is 0 Å². The predicted molar refractivity (Wildman–Crippen MR) is 120 cm³/mol. The zero-order chi connectivity index (χ0) is 19.7. The highest BCUT2D eigenvalue weighted by Gasteiger charge is 2.10. The molecule has 0 saturated carbocycles. The third kappa shape index (κ3) is 3.84. The quantitative estimate of drug-likeness (QED) is 0.386. The van der Waals surface area contributed by atoms with E-state index in [4.69, 9.17) is 4.42 Å². The molecule has 28 heavy (non-hydrogen) atoms. The van der Waals surface area contributed by atoms with Crippen LogP contribution in [0.25, 0.3) is 22.3 Å². The second-order valence-corrected chi connectivity index (χ2v) is 7.76. The van der Waals surface area contributed by atoms with E-state index in [2.05, 4.69) is 27.9 Å². The summed E-state index contributed by atoms with van der Waals surface area (Å²) in [4.78, 5) is 24.8. The van der Waals surface area contributed by atoms with Crippen molar-refractivity contribution in [1.82, 2.24) is 0 Å². The van der Waals surface area contributed by atoms with Gasteiger partial charge in [-0.3, -0.25) is 9.59 Å². The highest BCUT2D eigenvalue weighted by molar-refractivity contribution is 14.1. The molecule has 4 nitrogen and oxygen atoms in total. The number of benzene rings is 3. The number of halogens is 1. The van der Waals surface area contributed by atoms with Crippen LogP contribution >= 0.6 is 22.6 Å². The van der Waals surface area contributed by atoms with Crippen molar-refractivity contribution >= 4 is 45.2 Å². The monoisotopic (exact) mass is 481 g/mol. The van der Waals surface area contributed by atoms with Crippen LogP contribution in [-0.4, -0.2) is 5.91 Å². The lowest BCUT2D eigenvalue weighted by atomic mass is 10.1. The van der Waals surface area contributed by atoms with Gasteiger partial charge in [0.2, 0.25) is 0 Å². The lowest BCUT2D eigenvalue weighted by Crippen LogP contribution is -2.11. The third-order valence-corrected chi connectivity index (χ3v) is 5.14. The van der Waals surface area contributed by atoms with Crippen LogP contribution in [0.3, 0.4) is 0 Å². The number of aryl methyl sites for hydroxylation is 1. The lowest BCUT2D eigenvalue weighted by molar-refractivity contribution is 0.102. The fraction of sp³-hybridized carbons (Fsp3) is 0.0435. The molecule has 0 atom stereocenters. The van der Waals surface area contributed by atoms with E-state index < -0.39 is 0 Å². The van der Waals surface area contributed by atoms with E-state index in [1.165, 1.54) is 6.07 Å². The third-order valence-electron chi connectivity index (χ3n) is 4.42. The summed E-state index contributed by atoms with van der Waals surface area (Å²) < 4.78 is 6.99. The summed E-state index contributed by atoms with van der Waals surface area (Å²) in [5, 5.41) is 3.43. The molecule has 4 rings (SSSR count). The molecule has 0 saturated heterocycles. The molecule has 0 bridgehead atoms. The standard InChI is InChI=1S/C23H16INO3/c1-14-2-11-21-19(12-14)20(26)13-22(28-21)15-3-5-16(6-4-15)23(27)25-18-9-7-17(24)8-10-18/h2-13H,1H3,(H,25,27). The van der Waals surface area contributed by atoms with Crippen molar-refractivity contribution in [3.05, 3.63) is 97.7 Å². The molecule has 1 N–H and O–H groups in total. The molecule has 1 aromatic heterocycles. The molecule has 138 valence electrons. The van der Waals surface area contributed by atoms with Gasteiger partial charge < -0.3 is 9.73 Å². The van der Waals surface area contributed by atoms with E-state index in [1.54, 1.807) is 30.3 Å². The first-order valence-corrected chi connectivity index (χ1v) is 9.79. The number of nitrogens with one attached hydrogen (secondary N) is 1. The van der Waals surface area contributed by atoms with Crippen LogP contribution in [-0.2, 0) is 0 Å². The van der Waals surface area contributed by atoms with Gasteiger partial charge in [0.05, 0.1) is 5.39 Å². The Labute approximate surface area is 175 Å². The minimum Gasteiger partial charge on any atom is -0.456 e. The average molecular weight is 481 g/mol. The topological polar surface area (TPSA) is 59.3 Å². The Balaban J connectivity index is 1.60. The summed E-state index contributed by atoms with van der Waals surface area (Å²) in [6, 6.07) is 21.6. The van der Waals surface area contributed by atoms with Gasteiger partial charge in [0.1, 0.15) is 11.3 Å². The van der Waals surface area contributed by atoms with Gasteiger partial charge in [-0.2, -0.15) is 0 Å². The van der Waals surface area contributed by atoms with Gasteiger partial charge in [0, 0.05) is 26.5 Å². The van der Waals surface area contributed by atoms with E-state index in [1.807, 2.05) is 43.3 Å². The predicted octanol–water partition coefficient (Wildman–Crippen LogP) is 5.63. The molecule has 0 unspecified atom stereocenters. The van der Waals surface area contributed by atoms with Crippen molar-refractivity contribution < 1.29 is 9.21 Å². The summed E-state index contributed by atoms with van der Waals surface area (Å²) >= 11 is 2.22. The van der Waals surface area contributed by atoms with E-state index in [0.717, 1.165) is 20.4 Å². The van der Waals surface area contributed by atoms with Gasteiger partial charge in [-0.25, -0.2) is 0 Å². The zero-order valence-electron chi connectivity index (χ0n) is 15.0. The molecule has 0 radical (unpaired) electrons. The van der Waals surface area contributed by atoms with Gasteiger partial charge in [-0.05, 0) is 78.0 Å². The molecule has 0 aliphatic carbocycles. The molecule has 4 aromatic rings. The zero-order valence-corrected chi connectivity index (χ0v) is 17.2. The molecule has 0 aliphatic rings. The fourth-order valence-corrected chi connectivity index (χ4v) is 3.29. The van der Waals surface area contributed by atoms with Gasteiger partial charge in [-0.15, -0.1) is 0 Å². The first kappa shape index (κ1) is 18.4. The Morgan fingerprint density at radius 1 is 0.929 bits per heavy atom. The normalized spacial score (nSPS) is 10.8. The SMILES string of the molecule is Cc1ccc2oc(-c3ccc(C(=O)Nc4ccc(I)cc4)cc3)cc(=O)c2c1. The highest BCUT2D eigenvalue weighted by atomic mass is 127. The van der Waals surface area contributed by atoms with Crippen molar-refractivity contribution in [3.8, 4) is 11.3 Å². The van der Waals surface area contributed by atoms with Crippen molar-refractivity contribution in [2.45, 2.75) is 6.92 Å². The maximum absolute atomic E-state index is 12.4. The molecule has 0 aliphatic heterocycles. The van der Waals surface area contributed by atoms with Crippen LogP contribution in [0.4, 0.5) is 5.69 Å².